The van der Waals surface area contributed by atoms with Gasteiger partial charge in [-0.05, 0) is 18.2 Å². The van der Waals surface area contributed by atoms with Crippen LogP contribution < -0.4 is 14.8 Å². The van der Waals surface area contributed by atoms with Crippen LogP contribution in [0.4, 0.5) is 4.79 Å². The second-order valence-corrected chi connectivity index (χ2v) is 7.68. The van der Waals surface area contributed by atoms with E-state index in [2.05, 4.69) is 4.52 Å². The number of hydrogen-bond donors (Lipinski definition) is 3. The first-order valence-electron chi connectivity index (χ1n) is 8.23. The van der Waals surface area contributed by atoms with E-state index in [4.69, 9.17) is 14.6 Å². The first-order valence-corrected chi connectivity index (χ1v) is 9.76. The fourth-order valence-corrected chi connectivity index (χ4v) is 3.53. The summed E-state index contributed by atoms with van der Waals surface area (Å²) in [5.74, 6) is -3.56. The number of carbonyl (C=O) groups excluding carboxylic acids is 4. The molecule has 1 aromatic carbocycles. The topological polar surface area (TPSA) is 186 Å². The molecular formula is C16H17N2O11P. The van der Waals surface area contributed by atoms with Gasteiger partial charge in [0.1, 0.15) is 12.6 Å². The lowest BCUT2D eigenvalue weighted by molar-refractivity contribution is -0.138. The van der Waals surface area contributed by atoms with Gasteiger partial charge in [0.2, 0.25) is 0 Å². The van der Waals surface area contributed by atoms with Crippen LogP contribution in [0.3, 0.4) is 0 Å². The van der Waals surface area contributed by atoms with Crippen LogP contribution in [-0.4, -0.2) is 63.6 Å². The minimum Gasteiger partial charge on any atom is -0.465 e. The van der Waals surface area contributed by atoms with E-state index >= 15 is 0 Å². The summed E-state index contributed by atoms with van der Waals surface area (Å²) in [6.07, 6.45) is -1.47. The van der Waals surface area contributed by atoms with E-state index in [1.807, 2.05) is 5.32 Å². The molecule has 2 unspecified atom stereocenters. The SMILES string of the molecule is CC(=O)Oc1ccc(C(=O)COP(=O)(O)N2CC(NC(=O)O)C2=O)cc1OC(C)=O. The summed E-state index contributed by atoms with van der Waals surface area (Å²) in [4.78, 5) is 66.7. The van der Waals surface area contributed by atoms with Crippen molar-refractivity contribution in [2.75, 3.05) is 13.2 Å². The molecule has 0 bridgehead atoms. The van der Waals surface area contributed by atoms with Gasteiger partial charge in [-0.15, -0.1) is 0 Å². The van der Waals surface area contributed by atoms with Gasteiger partial charge in [-0.2, -0.15) is 0 Å². The Hall–Kier alpha value is -3.28. The fourth-order valence-electron chi connectivity index (χ4n) is 2.34. The van der Waals surface area contributed by atoms with E-state index in [9.17, 15) is 33.4 Å². The summed E-state index contributed by atoms with van der Waals surface area (Å²) in [7, 11) is -4.70. The predicted molar refractivity (Wildman–Crippen MR) is 95.8 cm³/mol. The van der Waals surface area contributed by atoms with Crippen molar-refractivity contribution in [3.63, 3.8) is 0 Å². The van der Waals surface area contributed by atoms with Crippen molar-refractivity contribution in [1.82, 2.24) is 9.99 Å². The molecule has 30 heavy (non-hydrogen) atoms. The van der Waals surface area contributed by atoms with Crippen LogP contribution in [0.25, 0.3) is 0 Å². The van der Waals surface area contributed by atoms with E-state index < -0.39 is 56.7 Å². The highest BCUT2D eigenvalue weighted by Gasteiger charge is 2.48. The summed E-state index contributed by atoms with van der Waals surface area (Å²) in [6.45, 7) is 0.895. The molecule has 0 saturated carbocycles. The van der Waals surface area contributed by atoms with Gasteiger partial charge in [0.05, 0.1) is 6.54 Å². The van der Waals surface area contributed by atoms with Crippen molar-refractivity contribution >= 4 is 37.5 Å². The lowest BCUT2D eigenvalue weighted by Gasteiger charge is -2.38. The predicted octanol–water partition coefficient (Wildman–Crippen LogP) is 0.315. The molecule has 13 nitrogen and oxygen atoms in total. The van der Waals surface area contributed by atoms with Crippen LogP contribution in [0.1, 0.15) is 24.2 Å². The summed E-state index contributed by atoms with van der Waals surface area (Å²) in [5.41, 5.74) is -0.0949. The standard InChI is InChI=1S/C16H17N2O11P/c1-8(19)28-13-4-3-10(5-14(13)29-9(2)20)12(21)7-27-30(25,26)18-6-11(15(18)22)17-16(23)24/h3-5,11,17H,6-7H2,1-2H3,(H,23,24)(H,25,26). The van der Waals surface area contributed by atoms with Crippen LogP contribution in [0.15, 0.2) is 18.2 Å². The van der Waals surface area contributed by atoms with Crippen LogP contribution in [0.2, 0.25) is 0 Å². The second-order valence-electron chi connectivity index (χ2n) is 5.96. The molecule has 1 aliphatic heterocycles. The van der Waals surface area contributed by atoms with Gasteiger partial charge < -0.3 is 24.8 Å². The van der Waals surface area contributed by atoms with E-state index in [1.165, 1.54) is 12.1 Å². The number of carboxylic acid groups (broad SMARTS) is 1. The summed E-state index contributed by atoms with van der Waals surface area (Å²) in [5, 5.41) is 10.4. The number of hydrogen-bond acceptors (Lipinski definition) is 9. The number of esters is 2. The molecule has 162 valence electrons. The Balaban J connectivity index is 2.06. The van der Waals surface area contributed by atoms with Gasteiger partial charge in [-0.3, -0.25) is 23.7 Å². The maximum absolute atomic E-state index is 12.3. The molecule has 2 atom stereocenters. The number of β-lactam (4-membered cyclic amide) rings is 1. The normalized spacial score (nSPS) is 17.4. The number of benzene rings is 1. The van der Waals surface area contributed by atoms with E-state index in [-0.39, 0.29) is 17.1 Å². The van der Waals surface area contributed by atoms with Crippen LogP contribution in [0.5, 0.6) is 11.5 Å². The molecular weight excluding hydrogens is 427 g/mol. The zero-order chi connectivity index (χ0) is 22.6. The highest BCUT2D eigenvalue weighted by molar-refractivity contribution is 7.51. The molecule has 0 spiro atoms. The Morgan fingerprint density at radius 1 is 1.17 bits per heavy atom. The molecule has 2 amide bonds. The Morgan fingerprint density at radius 3 is 2.30 bits per heavy atom. The maximum Gasteiger partial charge on any atom is 0.435 e. The van der Waals surface area contributed by atoms with Crippen LogP contribution in [-0.2, 0) is 23.5 Å². The molecule has 2 rings (SSSR count). The number of rotatable bonds is 8. The highest BCUT2D eigenvalue weighted by atomic mass is 31.2. The summed E-state index contributed by atoms with van der Waals surface area (Å²) < 4.78 is 27.0. The largest absolute Gasteiger partial charge is 0.465 e. The third-order valence-electron chi connectivity index (χ3n) is 3.65. The Morgan fingerprint density at radius 2 is 1.77 bits per heavy atom. The molecule has 1 aromatic rings. The molecule has 1 fully saturated rings. The molecule has 0 aromatic heterocycles. The van der Waals surface area contributed by atoms with Gasteiger partial charge >= 0.3 is 25.8 Å². The molecule has 0 aliphatic carbocycles. The zero-order valence-electron chi connectivity index (χ0n) is 15.7. The third-order valence-corrected chi connectivity index (χ3v) is 5.08. The number of ketones is 1. The first kappa shape index (κ1) is 23.0. The van der Waals surface area contributed by atoms with Crippen molar-refractivity contribution in [2.45, 2.75) is 19.9 Å². The van der Waals surface area contributed by atoms with E-state index in [0.29, 0.717) is 4.67 Å². The van der Waals surface area contributed by atoms with Crippen molar-refractivity contribution in [3.8, 4) is 11.5 Å². The Kier molecular flexibility index (Phi) is 6.92. The summed E-state index contributed by atoms with van der Waals surface area (Å²) >= 11 is 0. The average Bonchev–Trinajstić information content (AvgIpc) is 2.62. The number of nitrogens with one attached hydrogen (secondary N) is 1. The van der Waals surface area contributed by atoms with Crippen molar-refractivity contribution in [3.05, 3.63) is 23.8 Å². The van der Waals surface area contributed by atoms with Gasteiger partial charge in [-0.1, -0.05) is 0 Å². The van der Waals surface area contributed by atoms with Crippen molar-refractivity contribution in [1.29, 1.82) is 0 Å². The first-order chi connectivity index (χ1) is 13.9. The number of nitrogens with zero attached hydrogens (tertiary/aromatic N) is 1. The van der Waals surface area contributed by atoms with Crippen LogP contribution in [0, 0.1) is 0 Å². The quantitative estimate of drug-likeness (QED) is 0.165. The Labute approximate surface area is 169 Å². The van der Waals surface area contributed by atoms with Gasteiger partial charge in [0.15, 0.2) is 17.3 Å². The molecule has 14 heteroatoms. The number of carbonyl (C=O) groups is 5. The third kappa shape index (κ3) is 5.63. The number of Topliss-reactive ketones (excluding diaryl/α,β-unsaturated/α-hetero) is 1. The monoisotopic (exact) mass is 444 g/mol. The van der Waals surface area contributed by atoms with E-state index in [1.54, 1.807) is 0 Å². The Bertz CT molecular complexity index is 961. The van der Waals surface area contributed by atoms with Crippen molar-refractivity contribution in [2.24, 2.45) is 0 Å². The van der Waals surface area contributed by atoms with E-state index in [0.717, 1.165) is 19.9 Å². The fraction of sp³-hybridized carbons (Fsp3) is 0.312. The molecule has 1 heterocycles. The van der Waals surface area contributed by atoms with Gasteiger partial charge in [0.25, 0.3) is 5.91 Å². The van der Waals surface area contributed by atoms with Gasteiger partial charge in [0, 0.05) is 19.4 Å². The second kappa shape index (κ2) is 9.03. The number of ether oxygens (including phenoxy) is 2. The minimum atomic E-state index is -4.70. The number of amides is 2. The van der Waals surface area contributed by atoms with Crippen LogP contribution >= 0.6 is 7.75 Å². The molecule has 1 saturated heterocycles. The molecule has 3 N–H and O–H groups in total. The smallest absolute Gasteiger partial charge is 0.435 e. The lowest BCUT2D eigenvalue weighted by Crippen LogP contribution is -2.62. The average molecular weight is 444 g/mol. The minimum absolute atomic E-state index is 0.0949. The zero-order valence-corrected chi connectivity index (χ0v) is 16.6. The highest BCUT2D eigenvalue weighted by Crippen LogP contribution is 2.49. The molecule has 0 radical (unpaired) electrons. The molecule has 1 aliphatic rings. The summed E-state index contributed by atoms with van der Waals surface area (Å²) in [6, 6.07) is 2.30. The van der Waals surface area contributed by atoms with Gasteiger partial charge in [-0.25, -0.2) is 14.0 Å². The van der Waals surface area contributed by atoms with Crippen molar-refractivity contribution < 1.29 is 52.5 Å². The lowest BCUT2D eigenvalue weighted by atomic mass is 10.1. The maximum atomic E-state index is 12.3.